The van der Waals surface area contributed by atoms with Crippen LogP contribution in [0.1, 0.15) is 39.5 Å². The van der Waals surface area contributed by atoms with E-state index >= 15 is 0 Å². The van der Waals surface area contributed by atoms with Gasteiger partial charge in [0.25, 0.3) is 0 Å². The molecule has 0 spiro atoms. The molecule has 0 aromatic rings. The van der Waals surface area contributed by atoms with Crippen LogP contribution in [-0.2, 0) is 0 Å². The van der Waals surface area contributed by atoms with Crippen molar-refractivity contribution in [1.82, 2.24) is 5.32 Å². The van der Waals surface area contributed by atoms with Crippen LogP contribution in [0.25, 0.3) is 0 Å². The van der Waals surface area contributed by atoms with E-state index in [9.17, 15) is 0 Å². The first kappa shape index (κ1) is 10.4. The fraction of sp³-hybridized carbons (Fsp3) is 1.00. The molecular weight excluding hydrogens is 166 g/mol. The van der Waals surface area contributed by atoms with Gasteiger partial charge in [-0.05, 0) is 38.0 Å². The second kappa shape index (κ2) is 5.87. The van der Waals surface area contributed by atoms with Crippen LogP contribution in [0.4, 0.5) is 0 Å². The highest BCUT2D eigenvalue weighted by Crippen LogP contribution is 2.19. The first-order valence-corrected chi connectivity index (χ1v) is 6.22. The van der Waals surface area contributed by atoms with Gasteiger partial charge in [-0.3, -0.25) is 0 Å². The molecule has 1 nitrogen and oxygen atoms in total. The molecular formula is C10H21NS. The van der Waals surface area contributed by atoms with Gasteiger partial charge >= 0.3 is 0 Å². The van der Waals surface area contributed by atoms with Crippen LogP contribution in [0.3, 0.4) is 0 Å². The Morgan fingerprint density at radius 1 is 1.50 bits per heavy atom. The van der Waals surface area contributed by atoms with E-state index in [4.69, 9.17) is 0 Å². The lowest BCUT2D eigenvalue weighted by Crippen LogP contribution is -2.18. The smallest absolute Gasteiger partial charge is 0.00682 e. The van der Waals surface area contributed by atoms with Crippen LogP contribution < -0.4 is 5.32 Å². The molecule has 0 amide bonds. The summed E-state index contributed by atoms with van der Waals surface area (Å²) < 4.78 is 0. The highest BCUT2D eigenvalue weighted by molar-refractivity contribution is 7.99. The normalized spacial score (nSPS) is 19.5. The van der Waals surface area contributed by atoms with Crippen molar-refractivity contribution in [3.63, 3.8) is 0 Å². The Kier molecular flexibility index (Phi) is 5.08. The van der Waals surface area contributed by atoms with Gasteiger partial charge in [-0.1, -0.05) is 13.8 Å². The molecule has 1 aliphatic rings. The van der Waals surface area contributed by atoms with E-state index < -0.39 is 0 Å². The van der Waals surface area contributed by atoms with Crippen molar-refractivity contribution in [1.29, 1.82) is 0 Å². The summed E-state index contributed by atoms with van der Waals surface area (Å²) in [6.07, 6.45) is 5.48. The first-order valence-electron chi connectivity index (χ1n) is 5.18. The predicted octanol–water partition coefficient (Wildman–Crippen LogP) is 2.66. The molecule has 0 heterocycles. The average molecular weight is 187 g/mol. The quantitative estimate of drug-likeness (QED) is 0.615. The van der Waals surface area contributed by atoms with Gasteiger partial charge in [-0.25, -0.2) is 0 Å². The molecule has 1 saturated carbocycles. The lowest BCUT2D eigenvalue weighted by molar-refractivity contribution is 0.673. The minimum absolute atomic E-state index is 0.853. The van der Waals surface area contributed by atoms with Crippen LogP contribution in [0, 0.1) is 0 Å². The third-order valence-electron chi connectivity index (χ3n) is 2.31. The number of rotatable bonds is 7. The highest BCUT2D eigenvalue weighted by atomic mass is 32.2. The van der Waals surface area contributed by atoms with Crippen molar-refractivity contribution in [2.24, 2.45) is 0 Å². The molecule has 0 aromatic carbocycles. The lowest BCUT2D eigenvalue weighted by Gasteiger charge is -2.07. The van der Waals surface area contributed by atoms with E-state index in [0.29, 0.717) is 0 Å². The largest absolute Gasteiger partial charge is 0.314 e. The topological polar surface area (TPSA) is 12.0 Å². The van der Waals surface area contributed by atoms with Crippen molar-refractivity contribution in [3.8, 4) is 0 Å². The predicted molar refractivity (Wildman–Crippen MR) is 57.9 cm³/mol. The van der Waals surface area contributed by atoms with Gasteiger partial charge < -0.3 is 5.32 Å². The second-order valence-corrected chi connectivity index (χ2v) is 5.22. The summed E-state index contributed by atoms with van der Waals surface area (Å²) in [5.74, 6) is 1.33. The van der Waals surface area contributed by atoms with E-state index in [-0.39, 0.29) is 0 Å². The molecule has 2 heteroatoms. The van der Waals surface area contributed by atoms with Gasteiger partial charge in [-0.15, -0.1) is 0 Å². The minimum atomic E-state index is 0.853. The van der Waals surface area contributed by atoms with Gasteiger partial charge in [0, 0.05) is 11.3 Å². The maximum absolute atomic E-state index is 3.53. The number of hydrogen-bond acceptors (Lipinski definition) is 2. The Bertz CT molecular complexity index is 112. The molecule has 1 unspecified atom stereocenters. The summed E-state index contributed by atoms with van der Waals surface area (Å²) in [7, 11) is 0. The third-order valence-corrected chi connectivity index (χ3v) is 3.74. The van der Waals surface area contributed by atoms with E-state index in [1.54, 1.807) is 0 Å². The van der Waals surface area contributed by atoms with Crippen molar-refractivity contribution in [2.45, 2.75) is 50.8 Å². The molecule has 0 aromatic heterocycles. The summed E-state index contributed by atoms with van der Waals surface area (Å²) >= 11 is 2.11. The molecule has 0 bridgehead atoms. The fourth-order valence-electron chi connectivity index (χ4n) is 1.07. The number of nitrogens with one attached hydrogen (secondary N) is 1. The molecule has 1 aliphatic carbocycles. The van der Waals surface area contributed by atoms with E-state index in [1.165, 1.54) is 38.0 Å². The second-order valence-electron chi connectivity index (χ2n) is 3.67. The van der Waals surface area contributed by atoms with Gasteiger partial charge in [0.1, 0.15) is 0 Å². The summed E-state index contributed by atoms with van der Waals surface area (Å²) in [5, 5.41) is 4.39. The average Bonchev–Trinajstić information content (AvgIpc) is 2.87. The third kappa shape index (κ3) is 5.04. The highest BCUT2D eigenvalue weighted by Gasteiger charge is 2.19. The lowest BCUT2D eigenvalue weighted by atomic mass is 10.4. The Morgan fingerprint density at radius 3 is 2.83 bits per heavy atom. The first-order chi connectivity index (χ1) is 5.83. The van der Waals surface area contributed by atoms with Crippen molar-refractivity contribution in [3.05, 3.63) is 0 Å². The zero-order valence-corrected chi connectivity index (χ0v) is 9.12. The summed E-state index contributed by atoms with van der Waals surface area (Å²) in [5.41, 5.74) is 0. The standard InChI is InChI=1S/C10H21NS/c1-3-9(2)12-8-4-7-11-10-5-6-10/h9-11H,3-8H2,1-2H3. The van der Waals surface area contributed by atoms with Gasteiger partial charge in [0.2, 0.25) is 0 Å². The Morgan fingerprint density at radius 2 is 2.25 bits per heavy atom. The number of thioether (sulfide) groups is 1. The molecule has 1 rings (SSSR count). The molecule has 1 N–H and O–H groups in total. The van der Waals surface area contributed by atoms with Gasteiger partial charge in [0.05, 0.1) is 0 Å². The maximum atomic E-state index is 3.53. The summed E-state index contributed by atoms with van der Waals surface area (Å²) in [4.78, 5) is 0. The van der Waals surface area contributed by atoms with Crippen molar-refractivity contribution < 1.29 is 0 Å². The zero-order chi connectivity index (χ0) is 8.81. The fourth-order valence-corrected chi connectivity index (χ4v) is 2.02. The van der Waals surface area contributed by atoms with Crippen LogP contribution in [-0.4, -0.2) is 23.6 Å². The minimum Gasteiger partial charge on any atom is -0.314 e. The Hall–Kier alpha value is 0.310. The van der Waals surface area contributed by atoms with Gasteiger partial charge in [0.15, 0.2) is 0 Å². The Balaban J connectivity index is 1.75. The molecule has 0 saturated heterocycles. The molecule has 1 fully saturated rings. The zero-order valence-electron chi connectivity index (χ0n) is 8.31. The summed E-state index contributed by atoms with van der Waals surface area (Å²) in [6.45, 7) is 5.81. The SMILES string of the molecule is CCC(C)SCCCNC1CC1. The Labute approximate surface area is 80.7 Å². The molecule has 12 heavy (non-hydrogen) atoms. The molecule has 0 radical (unpaired) electrons. The van der Waals surface area contributed by atoms with Crippen molar-refractivity contribution in [2.75, 3.05) is 12.3 Å². The van der Waals surface area contributed by atoms with E-state index in [0.717, 1.165) is 11.3 Å². The molecule has 1 atom stereocenters. The molecule has 72 valence electrons. The summed E-state index contributed by atoms with van der Waals surface area (Å²) in [6, 6.07) is 0.888. The maximum Gasteiger partial charge on any atom is 0.00682 e. The number of hydrogen-bond donors (Lipinski definition) is 1. The van der Waals surface area contributed by atoms with E-state index in [1.807, 2.05) is 0 Å². The van der Waals surface area contributed by atoms with Gasteiger partial charge in [-0.2, -0.15) is 11.8 Å². The van der Waals surface area contributed by atoms with Crippen LogP contribution in [0.2, 0.25) is 0 Å². The van der Waals surface area contributed by atoms with Crippen LogP contribution >= 0.6 is 11.8 Å². The van der Waals surface area contributed by atoms with Crippen LogP contribution in [0.5, 0.6) is 0 Å². The van der Waals surface area contributed by atoms with Crippen molar-refractivity contribution >= 4 is 11.8 Å². The van der Waals surface area contributed by atoms with E-state index in [2.05, 4.69) is 30.9 Å². The monoisotopic (exact) mass is 187 g/mol. The molecule has 0 aliphatic heterocycles. The van der Waals surface area contributed by atoms with Crippen LogP contribution in [0.15, 0.2) is 0 Å².